The van der Waals surface area contributed by atoms with Crippen LogP contribution in [0.1, 0.15) is 16.8 Å². The first kappa shape index (κ1) is 11.7. The molecule has 0 bridgehead atoms. The van der Waals surface area contributed by atoms with E-state index in [0.717, 1.165) is 0 Å². The summed E-state index contributed by atoms with van der Waals surface area (Å²) in [5.41, 5.74) is 6.03. The fourth-order valence-electron chi connectivity index (χ4n) is 1.46. The molecule has 0 heterocycles. The number of halogens is 1. The first-order valence-corrected chi connectivity index (χ1v) is 4.77. The summed E-state index contributed by atoms with van der Waals surface area (Å²) < 4.78 is 13.5. The van der Waals surface area contributed by atoms with Crippen molar-refractivity contribution in [3.05, 3.63) is 29.6 Å². The maximum Gasteiger partial charge on any atom is 0.166 e. The molecule has 3 nitrogen and oxygen atoms in total. The fraction of sp³-hybridized carbons (Fsp3) is 0.364. The van der Waals surface area contributed by atoms with Crippen molar-refractivity contribution in [2.24, 2.45) is 5.73 Å². The molecule has 2 N–H and O–H groups in total. The number of nitrogens with two attached hydrogens (primary N) is 1. The van der Waals surface area contributed by atoms with Crippen molar-refractivity contribution in [2.45, 2.75) is 6.42 Å². The summed E-state index contributed by atoms with van der Waals surface area (Å²) in [5.74, 6) is -0.511. The van der Waals surface area contributed by atoms with E-state index in [1.54, 1.807) is 25.1 Å². The number of rotatable bonds is 4. The van der Waals surface area contributed by atoms with Crippen molar-refractivity contribution < 1.29 is 9.18 Å². The van der Waals surface area contributed by atoms with Crippen molar-refractivity contribution in [1.82, 2.24) is 0 Å². The van der Waals surface area contributed by atoms with E-state index in [9.17, 15) is 9.18 Å². The molecule has 0 aliphatic rings. The second-order valence-electron chi connectivity index (χ2n) is 3.49. The Morgan fingerprint density at radius 2 is 2.13 bits per heavy atom. The molecule has 0 saturated carbocycles. The van der Waals surface area contributed by atoms with E-state index in [4.69, 9.17) is 5.73 Å². The fourth-order valence-corrected chi connectivity index (χ4v) is 1.46. The number of Topliss-reactive ketones (excluding diaryl/α,β-unsaturated/α-hetero) is 1. The van der Waals surface area contributed by atoms with Crippen molar-refractivity contribution in [2.75, 3.05) is 25.5 Å². The summed E-state index contributed by atoms with van der Waals surface area (Å²) in [6.07, 6.45) is 0.240. The van der Waals surface area contributed by atoms with Crippen LogP contribution in [0.25, 0.3) is 0 Å². The van der Waals surface area contributed by atoms with Crippen LogP contribution in [-0.4, -0.2) is 26.4 Å². The lowest BCUT2D eigenvalue weighted by molar-refractivity contribution is 0.0985. The number of nitrogens with zero attached hydrogens (tertiary/aromatic N) is 1. The van der Waals surface area contributed by atoms with Gasteiger partial charge in [-0.25, -0.2) is 4.39 Å². The van der Waals surface area contributed by atoms with Crippen LogP contribution in [0.5, 0.6) is 0 Å². The quantitative estimate of drug-likeness (QED) is 0.764. The first-order valence-electron chi connectivity index (χ1n) is 4.77. The molecular weight excluding hydrogens is 195 g/mol. The van der Waals surface area contributed by atoms with Gasteiger partial charge in [-0.2, -0.15) is 0 Å². The van der Waals surface area contributed by atoms with Crippen molar-refractivity contribution >= 4 is 11.5 Å². The van der Waals surface area contributed by atoms with E-state index >= 15 is 0 Å². The number of benzene rings is 1. The topological polar surface area (TPSA) is 46.3 Å². The number of carbonyl (C=O) groups excluding carboxylic acids is 1. The summed E-state index contributed by atoms with van der Waals surface area (Å²) >= 11 is 0. The van der Waals surface area contributed by atoms with Crippen LogP contribution >= 0.6 is 0 Å². The molecule has 0 amide bonds. The monoisotopic (exact) mass is 210 g/mol. The third-order valence-corrected chi connectivity index (χ3v) is 2.11. The normalized spacial score (nSPS) is 10.1. The zero-order valence-corrected chi connectivity index (χ0v) is 8.96. The van der Waals surface area contributed by atoms with E-state index < -0.39 is 0 Å². The highest BCUT2D eigenvalue weighted by atomic mass is 19.1. The maximum absolute atomic E-state index is 13.5. The van der Waals surface area contributed by atoms with Crippen LogP contribution in [0.3, 0.4) is 0 Å². The number of hydrogen-bond donors (Lipinski definition) is 1. The molecule has 1 rings (SSSR count). The van der Waals surface area contributed by atoms with Gasteiger partial charge in [-0.3, -0.25) is 4.79 Å². The zero-order valence-electron chi connectivity index (χ0n) is 8.96. The standard InChI is InChI=1S/C11H15FN2O/c1-14(2)11-8(10(15)6-7-13)4-3-5-9(11)12/h3-5H,6-7,13H2,1-2H3. The van der Waals surface area contributed by atoms with E-state index in [0.29, 0.717) is 11.3 Å². The maximum atomic E-state index is 13.5. The third kappa shape index (κ3) is 2.53. The molecule has 4 heteroatoms. The number of carbonyl (C=O) groups is 1. The Bertz CT molecular complexity index is 364. The number of ketones is 1. The Balaban J connectivity index is 3.17. The van der Waals surface area contributed by atoms with E-state index in [2.05, 4.69) is 0 Å². The molecule has 1 aromatic carbocycles. The van der Waals surface area contributed by atoms with Gasteiger partial charge in [-0.1, -0.05) is 6.07 Å². The summed E-state index contributed by atoms with van der Waals surface area (Å²) in [5, 5.41) is 0. The Labute approximate surface area is 88.7 Å². The number of anilines is 1. The van der Waals surface area contributed by atoms with Gasteiger partial charge >= 0.3 is 0 Å². The number of para-hydroxylation sites is 1. The van der Waals surface area contributed by atoms with Gasteiger partial charge in [0.15, 0.2) is 5.78 Å². The Kier molecular flexibility index (Phi) is 3.80. The molecule has 82 valence electrons. The van der Waals surface area contributed by atoms with Gasteiger partial charge in [0.1, 0.15) is 5.82 Å². The summed E-state index contributed by atoms with van der Waals surface area (Å²) in [6.45, 7) is 0.280. The molecule has 0 saturated heterocycles. The molecule has 15 heavy (non-hydrogen) atoms. The van der Waals surface area contributed by atoms with Gasteiger partial charge in [0, 0.05) is 26.1 Å². The van der Waals surface area contributed by atoms with Gasteiger partial charge in [0.05, 0.1) is 5.69 Å². The van der Waals surface area contributed by atoms with Gasteiger partial charge in [-0.05, 0) is 18.7 Å². The van der Waals surface area contributed by atoms with Crippen LogP contribution in [0.4, 0.5) is 10.1 Å². The smallest absolute Gasteiger partial charge is 0.166 e. The molecule has 0 spiro atoms. The molecule has 0 aromatic heterocycles. The van der Waals surface area contributed by atoms with Crippen LogP contribution in [0.2, 0.25) is 0 Å². The predicted octanol–water partition coefficient (Wildman–Crippen LogP) is 1.42. The van der Waals surface area contributed by atoms with Crippen LogP contribution in [0.15, 0.2) is 18.2 Å². The van der Waals surface area contributed by atoms with Crippen LogP contribution in [0, 0.1) is 5.82 Å². The van der Waals surface area contributed by atoms with Crippen LogP contribution in [-0.2, 0) is 0 Å². The molecule has 0 radical (unpaired) electrons. The molecule has 0 fully saturated rings. The van der Waals surface area contributed by atoms with Gasteiger partial charge in [0.25, 0.3) is 0 Å². The van der Waals surface area contributed by atoms with E-state index in [1.165, 1.54) is 12.1 Å². The summed E-state index contributed by atoms with van der Waals surface area (Å²) in [4.78, 5) is 13.2. The van der Waals surface area contributed by atoms with Crippen molar-refractivity contribution in [3.63, 3.8) is 0 Å². The summed E-state index contributed by atoms with van der Waals surface area (Å²) in [7, 11) is 3.41. The molecule has 0 aliphatic heterocycles. The highest BCUT2D eigenvalue weighted by molar-refractivity contribution is 6.01. The molecule has 0 atom stereocenters. The van der Waals surface area contributed by atoms with E-state index in [-0.39, 0.29) is 24.6 Å². The second-order valence-corrected chi connectivity index (χ2v) is 3.49. The average Bonchev–Trinajstić information content (AvgIpc) is 2.17. The van der Waals surface area contributed by atoms with Gasteiger partial charge in [-0.15, -0.1) is 0 Å². The third-order valence-electron chi connectivity index (χ3n) is 2.11. The SMILES string of the molecule is CN(C)c1c(F)cccc1C(=O)CCN. The first-order chi connectivity index (χ1) is 7.07. The number of hydrogen-bond acceptors (Lipinski definition) is 3. The average molecular weight is 210 g/mol. The van der Waals surface area contributed by atoms with Gasteiger partial charge in [0.2, 0.25) is 0 Å². The molecule has 0 unspecified atom stereocenters. The Morgan fingerprint density at radius 1 is 1.47 bits per heavy atom. The second kappa shape index (κ2) is 4.89. The molecular formula is C11H15FN2O. The van der Waals surface area contributed by atoms with Crippen molar-refractivity contribution in [1.29, 1.82) is 0 Å². The lowest BCUT2D eigenvalue weighted by Crippen LogP contribution is -2.17. The molecule has 0 aliphatic carbocycles. The minimum absolute atomic E-state index is 0.124. The van der Waals surface area contributed by atoms with Crippen LogP contribution < -0.4 is 10.6 Å². The highest BCUT2D eigenvalue weighted by Crippen LogP contribution is 2.23. The Morgan fingerprint density at radius 3 is 2.67 bits per heavy atom. The van der Waals surface area contributed by atoms with E-state index in [1.807, 2.05) is 0 Å². The minimum atomic E-state index is -0.386. The molecule has 1 aromatic rings. The zero-order chi connectivity index (χ0) is 11.4. The summed E-state index contributed by atoms with van der Waals surface area (Å²) in [6, 6.07) is 4.50. The highest BCUT2D eigenvalue weighted by Gasteiger charge is 2.15. The minimum Gasteiger partial charge on any atom is -0.375 e. The largest absolute Gasteiger partial charge is 0.375 e. The lowest BCUT2D eigenvalue weighted by atomic mass is 10.1. The van der Waals surface area contributed by atoms with Crippen molar-refractivity contribution in [3.8, 4) is 0 Å². The Hall–Kier alpha value is -1.42. The predicted molar refractivity (Wildman–Crippen MR) is 58.7 cm³/mol. The van der Waals surface area contributed by atoms with Gasteiger partial charge < -0.3 is 10.6 Å². The lowest BCUT2D eigenvalue weighted by Gasteiger charge is -2.17.